The monoisotopic (exact) mass is 1120 g/mol. The Morgan fingerprint density at radius 3 is 1.26 bits per heavy atom. The highest BCUT2D eigenvalue weighted by Gasteiger charge is 2.57. The molecule has 2 aliphatic rings. The summed E-state index contributed by atoms with van der Waals surface area (Å²) in [4.78, 5) is 30.3. The van der Waals surface area contributed by atoms with Gasteiger partial charge in [0.1, 0.15) is 42.1 Å². The molecule has 0 bridgehead atoms. The predicted octanol–water partition coefficient (Wildman–Crippen LogP) is 13.1. The molecule has 9 rings (SSSR count). The Morgan fingerprint density at radius 2 is 0.825 bits per heavy atom. The largest absolute Gasteiger partial charge is 0.452 e. The second-order valence-electron chi connectivity index (χ2n) is 21.5. The molecule has 7 aromatic rings. The minimum Gasteiger partial charge on any atom is -0.452 e. The zero-order valence-electron chi connectivity index (χ0n) is 46.0. The average molecular weight is 1120 g/mol. The number of ether oxygens (including phenoxy) is 9. The maximum atomic E-state index is 14.8. The van der Waals surface area contributed by atoms with Crippen LogP contribution >= 0.6 is 11.8 Å². The number of carbonyl (C=O) groups is 2. The van der Waals surface area contributed by atoms with Gasteiger partial charge in [-0.2, -0.15) is 0 Å². The molecule has 0 spiro atoms. The first kappa shape index (κ1) is 58.4. The molecule has 80 heavy (non-hydrogen) atoms. The van der Waals surface area contributed by atoms with Crippen LogP contribution in [0.25, 0.3) is 0 Å². The van der Waals surface area contributed by atoms with Crippen molar-refractivity contribution in [3.8, 4) is 0 Å². The number of hydrogen-bond acceptors (Lipinski definition) is 13. The van der Waals surface area contributed by atoms with Crippen LogP contribution in [-0.2, 0) is 73.5 Å². The third-order valence-electron chi connectivity index (χ3n) is 14.6. The summed E-state index contributed by atoms with van der Waals surface area (Å²) in [7, 11) is -2.81. The van der Waals surface area contributed by atoms with Gasteiger partial charge in [-0.15, -0.1) is 0 Å². The lowest BCUT2D eigenvalue weighted by atomic mass is 9.96. The molecule has 0 saturated carbocycles. The third-order valence-corrected chi connectivity index (χ3v) is 20.2. The van der Waals surface area contributed by atoms with Gasteiger partial charge in [0.15, 0.2) is 26.8 Å². The van der Waals surface area contributed by atoms with Gasteiger partial charge in [-0.1, -0.05) is 208 Å². The SMILES string of the molecule is CC(C)(C)[Si](C)(C)O[C@@H]1[C@@H](OC(=O)c2ccccc2)[C@H](O[C@@H]2[C@@H](OC(=O)c3ccccc3)[C@H](Sc3ccccc3)O[C@H](COCc3ccccc3)[C@H]2OCc2ccccc2)O[C@H](COCc2ccccc2)[C@H]1OCc1ccccc1. The molecule has 2 heterocycles. The number of benzene rings is 7. The Labute approximate surface area is 476 Å². The standard InChI is InChI=1S/C66H72O12SSi/c1-66(2,3)80(4,5)78-59-57(72-44-50-33-19-9-20-34-50)54(45-69-41-47-27-13-6-14-28-47)73-64(60(59)75-62(67)51-35-21-10-22-36-51)77-58-56(71-43-49-31-17-8-18-32-49)55(46-70-42-48-29-15-7-16-30-48)74-65(79-53-39-25-12-26-40-53)61(58)76-63(68)52-37-23-11-24-38-52/h6-40,54-61,64-65H,41-46H2,1-5H3/t54-,55-,56-,57-,58+,59+,60-,61-,64+,65+/m1/s1. The van der Waals surface area contributed by atoms with Crippen molar-refractivity contribution in [1.82, 2.24) is 0 Å². The van der Waals surface area contributed by atoms with E-state index < -0.39 is 80.8 Å². The maximum absolute atomic E-state index is 14.8. The molecule has 0 unspecified atom stereocenters. The second-order valence-corrected chi connectivity index (χ2v) is 27.4. The van der Waals surface area contributed by atoms with E-state index in [0.717, 1.165) is 27.1 Å². The van der Waals surface area contributed by atoms with Crippen molar-refractivity contribution in [1.29, 1.82) is 0 Å². The quantitative estimate of drug-likeness (QED) is 0.0421. The minimum atomic E-state index is -2.81. The lowest BCUT2D eigenvalue weighted by molar-refractivity contribution is -0.343. The number of esters is 2. The van der Waals surface area contributed by atoms with Gasteiger partial charge in [-0.05, 0) is 76.8 Å². The normalized spacial score (nSPS) is 23.2. The zero-order chi connectivity index (χ0) is 55.7. The molecule has 10 atom stereocenters. The van der Waals surface area contributed by atoms with E-state index in [0.29, 0.717) is 11.1 Å². The first-order valence-corrected chi connectivity index (χ1v) is 31.1. The molecule has 12 nitrogen and oxygen atoms in total. The average Bonchev–Trinajstić information content (AvgIpc) is 3.58. The molecule has 0 aromatic heterocycles. The van der Waals surface area contributed by atoms with Crippen LogP contribution in [0.4, 0.5) is 0 Å². The van der Waals surface area contributed by atoms with Crippen molar-refractivity contribution in [2.24, 2.45) is 0 Å². The lowest BCUT2D eigenvalue weighted by Gasteiger charge is -2.51. The Morgan fingerprint density at radius 1 is 0.450 bits per heavy atom. The molecule has 14 heteroatoms. The van der Waals surface area contributed by atoms with Gasteiger partial charge < -0.3 is 47.1 Å². The lowest BCUT2D eigenvalue weighted by Crippen LogP contribution is -2.67. The molecular formula is C66H72O12SSi. The first-order chi connectivity index (χ1) is 38.9. The molecule has 2 saturated heterocycles. The smallest absolute Gasteiger partial charge is 0.338 e. The van der Waals surface area contributed by atoms with Crippen molar-refractivity contribution in [2.75, 3.05) is 13.2 Å². The Hall–Kier alpha value is -6.27. The van der Waals surface area contributed by atoms with Gasteiger partial charge in [0.2, 0.25) is 0 Å². The summed E-state index contributed by atoms with van der Waals surface area (Å²) in [6.07, 6.45) is -9.65. The van der Waals surface area contributed by atoms with E-state index in [9.17, 15) is 9.59 Å². The fraction of sp³-hybridized carbons (Fsp3) is 0.333. The van der Waals surface area contributed by atoms with Crippen LogP contribution in [0.1, 0.15) is 63.7 Å². The Bertz CT molecular complexity index is 2940. The van der Waals surface area contributed by atoms with Gasteiger partial charge in [-0.3, -0.25) is 0 Å². The highest BCUT2D eigenvalue weighted by atomic mass is 32.2. The molecule has 0 aliphatic carbocycles. The summed E-state index contributed by atoms with van der Waals surface area (Å²) in [6.45, 7) is 11.7. The van der Waals surface area contributed by atoms with E-state index in [2.05, 4.69) is 33.9 Å². The Kier molecular flexibility index (Phi) is 20.7. The van der Waals surface area contributed by atoms with E-state index in [1.165, 1.54) is 11.8 Å². The van der Waals surface area contributed by atoms with Crippen LogP contribution in [0.5, 0.6) is 0 Å². The van der Waals surface area contributed by atoms with Crippen LogP contribution in [0.15, 0.2) is 217 Å². The highest BCUT2D eigenvalue weighted by Crippen LogP contribution is 2.44. The van der Waals surface area contributed by atoms with E-state index >= 15 is 0 Å². The van der Waals surface area contributed by atoms with Crippen molar-refractivity contribution < 1.29 is 56.6 Å². The van der Waals surface area contributed by atoms with Crippen molar-refractivity contribution in [2.45, 2.75) is 131 Å². The minimum absolute atomic E-state index is 0.0293. The molecule has 2 aliphatic heterocycles. The van der Waals surface area contributed by atoms with E-state index in [1.54, 1.807) is 48.5 Å². The molecule has 0 N–H and O–H groups in total. The summed E-state index contributed by atoms with van der Waals surface area (Å²) in [5, 5.41) is -0.318. The number of thioether (sulfide) groups is 1. The van der Waals surface area contributed by atoms with Crippen molar-refractivity contribution >= 4 is 32.0 Å². The predicted molar refractivity (Wildman–Crippen MR) is 310 cm³/mol. The molecular weight excluding hydrogens is 1040 g/mol. The fourth-order valence-corrected chi connectivity index (χ4v) is 11.7. The van der Waals surface area contributed by atoms with Gasteiger partial charge in [0, 0.05) is 4.90 Å². The van der Waals surface area contributed by atoms with Crippen molar-refractivity contribution in [3.05, 3.63) is 246 Å². The molecule has 2 fully saturated rings. The summed E-state index contributed by atoms with van der Waals surface area (Å²) in [5.41, 5.74) is 3.47. The summed E-state index contributed by atoms with van der Waals surface area (Å²) in [5.74, 6) is -1.23. The first-order valence-electron chi connectivity index (χ1n) is 27.3. The van der Waals surface area contributed by atoms with Crippen LogP contribution in [-0.4, -0.2) is 94.0 Å². The highest BCUT2D eigenvalue weighted by molar-refractivity contribution is 7.99. The fourth-order valence-electron chi connectivity index (χ4n) is 9.28. The summed E-state index contributed by atoms with van der Waals surface area (Å²) >= 11 is 1.38. The van der Waals surface area contributed by atoms with Gasteiger partial charge in [-0.25, -0.2) is 9.59 Å². The summed E-state index contributed by atoms with van der Waals surface area (Å²) in [6, 6.07) is 66.8. The number of hydrogen-bond donors (Lipinski definition) is 0. The number of carbonyl (C=O) groups excluding carboxylic acids is 2. The molecule has 7 aromatic carbocycles. The van der Waals surface area contributed by atoms with E-state index in [-0.39, 0.29) is 44.7 Å². The van der Waals surface area contributed by atoms with Crippen LogP contribution < -0.4 is 0 Å². The molecule has 0 radical (unpaired) electrons. The van der Waals surface area contributed by atoms with Gasteiger partial charge in [0.25, 0.3) is 0 Å². The third kappa shape index (κ3) is 16.0. The van der Waals surface area contributed by atoms with Crippen molar-refractivity contribution in [3.63, 3.8) is 0 Å². The topological polar surface area (TPSA) is 126 Å². The summed E-state index contributed by atoms with van der Waals surface area (Å²) < 4.78 is 70.4. The van der Waals surface area contributed by atoms with E-state index in [4.69, 9.17) is 47.1 Å². The zero-order valence-corrected chi connectivity index (χ0v) is 47.8. The molecule has 418 valence electrons. The second kappa shape index (κ2) is 28.4. The van der Waals surface area contributed by atoms with Gasteiger partial charge >= 0.3 is 11.9 Å². The number of rotatable bonds is 24. The van der Waals surface area contributed by atoms with Crippen LogP contribution in [0.2, 0.25) is 18.1 Å². The maximum Gasteiger partial charge on any atom is 0.338 e. The van der Waals surface area contributed by atoms with Gasteiger partial charge in [0.05, 0.1) is 50.8 Å². The van der Waals surface area contributed by atoms with Crippen LogP contribution in [0, 0.1) is 0 Å². The Balaban J connectivity index is 1.19. The van der Waals surface area contributed by atoms with Crippen LogP contribution in [0.3, 0.4) is 0 Å². The van der Waals surface area contributed by atoms with E-state index in [1.807, 2.05) is 164 Å². The molecule has 0 amide bonds.